The van der Waals surface area contributed by atoms with Gasteiger partial charge in [-0.05, 0) is 30.0 Å². The maximum absolute atomic E-state index is 11.4. The molecule has 17 heavy (non-hydrogen) atoms. The molecule has 0 aromatic heterocycles. The summed E-state index contributed by atoms with van der Waals surface area (Å²) >= 11 is 3.36. The predicted molar refractivity (Wildman–Crippen MR) is 69.3 cm³/mol. The first-order valence-electron chi connectivity index (χ1n) is 5.37. The van der Waals surface area contributed by atoms with Gasteiger partial charge in [0.05, 0.1) is 23.5 Å². The van der Waals surface area contributed by atoms with Crippen molar-refractivity contribution in [3.05, 3.63) is 34.3 Å². The summed E-state index contributed by atoms with van der Waals surface area (Å²) in [6, 6.07) is 9.77. The van der Waals surface area contributed by atoms with Crippen molar-refractivity contribution in [3.8, 4) is 6.07 Å². The monoisotopic (exact) mass is 313 g/mol. The molecule has 1 aliphatic rings. The normalized spacial score (nSPS) is 24.1. The number of rotatable bonds is 2. The van der Waals surface area contributed by atoms with Crippen molar-refractivity contribution in [2.75, 3.05) is 11.5 Å². The first-order valence-corrected chi connectivity index (χ1v) is 7.99. The molecule has 1 aliphatic heterocycles. The van der Waals surface area contributed by atoms with Crippen molar-refractivity contribution >= 4 is 25.8 Å². The Balaban J connectivity index is 2.27. The lowest BCUT2D eigenvalue weighted by molar-refractivity contribution is 0.541. The van der Waals surface area contributed by atoms with E-state index < -0.39 is 9.84 Å². The molecular weight excluding hydrogens is 302 g/mol. The molecule has 90 valence electrons. The molecule has 1 aromatic rings. The van der Waals surface area contributed by atoms with Crippen LogP contribution in [0.4, 0.5) is 0 Å². The van der Waals surface area contributed by atoms with Gasteiger partial charge in [0, 0.05) is 4.47 Å². The van der Waals surface area contributed by atoms with Gasteiger partial charge in [-0.25, -0.2) is 8.42 Å². The molecule has 1 heterocycles. The maximum atomic E-state index is 11.4. The third kappa shape index (κ3) is 2.88. The summed E-state index contributed by atoms with van der Waals surface area (Å²) in [6.45, 7) is 0. The highest BCUT2D eigenvalue weighted by molar-refractivity contribution is 9.10. The lowest BCUT2D eigenvalue weighted by Crippen LogP contribution is -2.13. The van der Waals surface area contributed by atoms with E-state index in [4.69, 9.17) is 0 Å². The Morgan fingerprint density at radius 2 is 2.24 bits per heavy atom. The molecule has 2 unspecified atom stereocenters. The minimum absolute atomic E-state index is 0.0701. The van der Waals surface area contributed by atoms with Crippen LogP contribution in [0.2, 0.25) is 0 Å². The van der Waals surface area contributed by atoms with Crippen molar-refractivity contribution in [2.45, 2.75) is 12.3 Å². The second-order valence-corrected chi connectivity index (χ2v) is 7.47. The number of hydrogen-bond acceptors (Lipinski definition) is 3. The summed E-state index contributed by atoms with van der Waals surface area (Å²) in [5.41, 5.74) is 0.893. The Labute approximate surface area is 110 Å². The van der Waals surface area contributed by atoms with Crippen LogP contribution in [0, 0.1) is 17.2 Å². The zero-order valence-corrected chi connectivity index (χ0v) is 11.5. The van der Waals surface area contributed by atoms with Gasteiger partial charge < -0.3 is 0 Å². The zero-order chi connectivity index (χ0) is 12.5. The molecule has 1 saturated heterocycles. The summed E-state index contributed by atoms with van der Waals surface area (Å²) < 4.78 is 23.8. The molecule has 1 aromatic carbocycles. The average molecular weight is 314 g/mol. The van der Waals surface area contributed by atoms with E-state index >= 15 is 0 Å². The van der Waals surface area contributed by atoms with Crippen LogP contribution in [0.15, 0.2) is 28.7 Å². The van der Waals surface area contributed by atoms with E-state index in [1.165, 1.54) is 0 Å². The predicted octanol–water partition coefficient (Wildman–Crippen LogP) is 2.49. The molecule has 0 amide bonds. The van der Waals surface area contributed by atoms with Crippen LogP contribution in [0.1, 0.15) is 17.9 Å². The molecule has 2 atom stereocenters. The summed E-state index contributed by atoms with van der Waals surface area (Å²) in [6.07, 6.45) is 0.590. The van der Waals surface area contributed by atoms with Crippen molar-refractivity contribution in [1.82, 2.24) is 0 Å². The quantitative estimate of drug-likeness (QED) is 0.843. The third-order valence-corrected chi connectivity index (χ3v) is 5.37. The number of nitriles is 1. The van der Waals surface area contributed by atoms with Crippen LogP contribution in [-0.2, 0) is 9.84 Å². The fourth-order valence-corrected chi connectivity index (χ4v) is 4.50. The number of halogens is 1. The molecule has 0 N–H and O–H groups in total. The Bertz CT molecular complexity index is 562. The fourth-order valence-electron chi connectivity index (χ4n) is 2.24. The van der Waals surface area contributed by atoms with Crippen LogP contribution in [-0.4, -0.2) is 19.9 Å². The molecular formula is C12H12BrNO2S. The molecule has 2 rings (SSSR count). The van der Waals surface area contributed by atoms with Crippen molar-refractivity contribution in [2.24, 2.45) is 5.92 Å². The number of hydrogen-bond donors (Lipinski definition) is 0. The van der Waals surface area contributed by atoms with Crippen LogP contribution in [0.3, 0.4) is 0 Å². The zero-order valence-electron chi connectivity index (χ0n) is 9.14. The first kappa shape index (κ1) is 12.6. The standard InChI is InChI=1S/C12H12BrNO2S/c13-11-3-1-2-9(6-11)12(7-14)10-4-5-17(15,16)8-10/h1-3,6,10,12H,4-5,8H2. The minimum Gasteiger partial charge on any atom is -0.229 e. The molecule has 0 spiro atoms. The van der Waals surface area contributed by atoms with Gasteiger partial charge in [0.25, 0.3) is 0 Å². The van der Waals surface area contributed by atoms with Gasteiger partial charge >= 0.3 is 0 Å². The van der Waals surface area contributed by atoms with E-state index in [-0.39, 0.29) is 23.3 Å². The Kier molecular flexibility index (Phi) is 3.55. The lowest BCUT2D eigenvalue weighted by atomic mass is 9.87. The summed E-state index contributed by atoms with van der Waals surface area (Å²) in [7, 11) is -2.93. The van der Waals surface area contributed by atoms with E-state index in [9.17, 15) is 13.7 Å². The second-order valence-electron chi connectivity index (χ2n) is 4.32. The van der Waals surface area contributed by atoms with E-state index in [1.807, 2.05) is 24.3 Å². The Morgan fingerprint density at radius 3 is 2.76 bits per heavy atom. The van der Waals surface area contributed by atoms with Gasteiger partial charge in [0.2, 0.25) is 0 Å². The molecule has 1 fully saturated rings. The molecule has 3 nitrogen and oxygen atoms in total. The molecule has 0 aliphatic carbocycles. The fraction of sp³-hybridized carbons (Fsp3) is 0.417. The highest BCUT2D eigenvalue weighted by Crippen LogP contribution is 2.33. The van der Waals surface area contributed by atoms with Gasteiger partial charge in [-0.1, -0.05) is 28.1 Å². The molecule has 5 heteroatoms. The van der Waals surface area contributed by atoms with Crippen LogP contribution < -0.4 is 0 Å². The lowest BCUT2D eigenvalue weighted by Gasteiger charge is -2.15. The van der Waals surface area contributed by atoms with Gasteiger partial charge in [-0.2, -0.15) is 5.26 Å². The Hall–Kier alpha value is -0.860. The number of benzene rings is 1. The van der Waals surface area contributed by atoms with Gasteiger partial charge in [-0.3, -0.25) is 0 Å². The summed E-state index contributed by atoms with van der Waals surface area (Å²) in [5, 5.41) is 9.24. The maximum Gasteiger partial charge on any atom is 0.150 e. The Morgan fingerprint density at radius 1 is 1.47 bits per heavy atom. The highest BCUT2D eigenvalue weighted by atomic mass is 79.9. The minimum atomic E-state index is -2.93. The SMILES string of the molecule is N#CC(c1cccc(Br)c1)C1CCS(=O)(=O)C1. The van der Waals surface area contributed by atoms with E-state index in [1.54, 1.807) is 0 Å². The van der Waals surface area contributed by atoms with Crippen LogP contribution >= 0.6 is 15.9 Å². The highest BCUT2D eigenvalue weighted by Gasteiger charge is 2.34. The summed E-state index contributed by atoms with van der Waals surface area (Å²) in [4.78, 5) is 0. The van der Waals surface area contributed by atoms with Crippen molar-refractivity contribution < 1.29 is 8.42 Å². The van der Waals surface area contributed by atoms with Gasteiger partial charge in [-0.15, -0.1) is 0 Å². The van der Waals surface area contributed by atoms with Gasteiger partial charge in [0.1, 0.15) is 0 Å². The van der Waals surface area contributed by atoms with Crippen molar-refractivity contribution in [3.63, 3.8) is 0 Å². The topological polar surface area (TPSA) is 57.9 Å². The molecule has 0 radical (unpaired) electrons. The summed E-state index contributed by atoms with van der Waals surface area (Å²) in [5.74, 6) is -0.0502. The van der Waals surface area contributed by atoms with E-state index in [0.29, 0.717) is 6.42 Å². The van der Waals surface area contributed by atoms with Crippen LogP contribution in [0.5, 0.6) is 0 Å². The molecule has 0 saturated carbocycles. The second kappa shape index (κ2) is 4.79. The van der Waals surface area contributed by atoms with Gasteiger partial charge in [0.15, 0.2) is 9.84 Å². The number of nitrogens with zero attached hydrogens (tertiary/aromatic N) is 1. The smallest absolute Gasteiger partial charge is 0.150 e. The average Bonchev–Trinajstić information content (AvgIpc) is 2.60. The van der Waals surface area contributed by atoms with E-state index in [0.717, 1.165) is 10.0 Å². The third-order valence-electron chi connectivity index (χ3n) is 3.09. The van der Waals surface area contributed by atoms with E-state index in [2.05, 4.69) is 22.0 Å². The number of sulfone groups is 1. The molecule has 0 bridgehead atoms. The first-order chi connectivity index (χ1) is 8.02. The largest absolute Gasteiger partial charge is 0.229 e. The van der Waals surface area contributed by atoms with Crippen molar-refractivity contribution in [1.29, 1.82) is 5.26 Å². The van der Waals surface area contributed by atoms with Crippen LogP contribution in [0.25, 0.3) is 0 Å².